The SMILES string of the molecule is Cc1ccc([C@H](NC(=O)C2CC[C@@H](F)C2)C2CC2)c(F)c1.O=C(O)C(F)(F)F. The summed E-state index contributed by atoms with van der Waals surface area (Å²) >= 11 is 0. The van der Waals surface area contributed by atoms with Gasteiger partial charge in [0.25, 0.3) is 0 Å². The highest BCUT2D eigenvalue weighted by atomic mass is 19.4. The molecule has 2 aliphatic rings. The number of hydrogen-bond donors (Lipinski definition) is 2. The number of amides is 1. The molecule has 4 nitrogen and oxygen atoms in total. The van der Waals surface area contributed by atoms with Crippen molar-refractivity contribution in [2.75, 3.05) is 0 Å². The van der Waals surface area contributed by atoms with Gasteiger partial charge in [0.15, 0.2) is 0 Å². The molecule has 3 rings (SSSR count). The van der Waals surface area contributed by atoms with Gasteiger partial charge in [-0.05, 0) is 56.6 Å². The van der Waals surface area contributed by atoms with Crippen LogP contribution in [0.4, 0.5) is 22.0 Å². The molecule has 0 aromatic heterocycles. The van der Waals surface area contributed by atoms with Gasteiger partial charge in [-0.2, -0.15) is 13.2 Å². The lowest BCUT2D eigenvalue weighted by Gasteiger charge is -2.21. The van der Waals surface area contributed by atoms with E-state index in [4.69, 9.17) is 9.90 Å². The van der Waals surface area contributed by atoms with Crippen LogP contribution in [0.25, 0.3) is 0 Å². The van der Waals surface area contributed by atoms with Crippen LogP contribution >= 0.6 is 0 Å². The van der Waals surface area contributed by atoms with Crippen molar-refractivity contribution in [3.05, 3.63) is 35.1 Å². The van der Waals surface area contributed by atoms with E-state index in [0.717, 1.165) is 18.4 Å². The summed E-state index contributed by atoms with van der Waals surface area (Å²) in [4.78, 5) is 21.2. The van der Waals surface area contributed by atoms with Gasteiger partial charge in [-0.1, -0.05) is 12.1 Å². The van der Waals surface area contributed by atoms with Gasteiger partial charge in [-0.25, -0.2) is 13.6 Å². The molecule has 0 bridgehead atoms. The smallest absolute Gasteiger partial charge is 0.475 e. The summed E-state index contributed by atoms with van der Waals surface area (Å²) in [6, 6.07) is 4.87. The second-order valence-electron chi connectivity index (χ2n) is 7.26. The molecule has 9 heteroatoms. The van der Waals surface area contributed by atoms with Crippen LogP contribution < -0.4 is 5.32 Å². The molecule has 1 amide bonds. The molecule has 156 valence electrons. The second kappa shape index (κ2) is 8.87. The maximum Gasteiger partial charge on any atom is 0.490 e. The van der Waals surface area contributed by atoms with E-state index in [2.05, 4.69) is 5.32 Å². The number of hydrogen-bond acceptors (Lipinski definition) is 2. The summed E-state index contributed by atoms with van der Waals surface area (Å²) in [5.74, 6) is -3.08. The summed E-state index contributed by atoms with van der Waals surface area (Å²) in [6.07, 6.45) is -2.56. The van der Waals surface area contributed by atoms with E-state index in [0.29, 0.717) is 30.7 Å². The van der Waals surface area contributed by atoms with E-state index in [1.807, 2.05) is 13.0 Å². The first kappa shape index (κ1) is 22.1. The Hall–Kier alpha value is -2.19. The maximum absolute atomic E-state index is 14.2. The number of alkyl halides is 4. The molecule has 2 fully saturated rings. The highest BCUT2D eigenvalue weighted by Crippen LogP contribution is 2.42. The Morgan fingerprint density at radius 3 is 2.21 bits per heavy atom. The van der Waals surface area contributed by atoms with Gasteiger partial charge in [0.05, 0.1) is 6.04 Å². The summed E-state index contributed by atoms with van der Waals surface area (Å²) in [5, 5.41) is 10.1. The van der Waals surface area contributed by atoms with Crippen molar-refractivity contribution in [2.45, 2.75) is 57.4 Å². The van der Waals surface area contributed by atoms with Crippen molar-refractivity contribution in [3.63, 3.8) is 0 Å². The third-order valence-corrected chi connectivity index (χ3v) is 4.86. The Labute approximate surface area is 159 Å². The van der Waals surface area contributed by atoms with Gasteiger partial charge in [0.1, 0.15) is 12.0 Å². The van der Waals surface area contributed by atoms with Crippen molar-refractivity contribution in [1.29, 1.82) is 0 Å². The predicted molar refractivity (Wildman–Crippen MR) is 90.7 cm³/mol. The molecule has 3 atom stereocenters. The number of aryl methyl sites for hydroxylation is 1. The van der Waals surface area contributed by atoms with Crippen molar-refractivity contribution < 1.29 is 36.6 Å². The Morgan fingerprint density at radius 2 is 1.79 bits per heavy atom. The van der Waals surface area contributed by atoms with Crippen LogP contribution in [0.2, 0.25) is 0 Å². The first-order chi connectivity index (χ1) is 13.0. The lowest BCUT2D eigenvalue weighted by Crippen LogP contribution is -2.34. The van der Waals surface area contributed by atoms with E-state index < -0.39 is 18.3 Å². The zero-order valence-electron chi connectivity index (χ0n) is 15.2. The van der Waals surface area contributed by atoms with E-state index in [1.165, 1.54) is 6.07 Å². The average molecular weight is 407 g/mol. The Kier molecular flexibility index (Phi) is 7.01. The predicted octanol–water partition coefficient (Wildman–Crippen LogP) is 4.47. The number of carboxylic acid groups (broad SMARTS) is 1. The number of carboxylic acids is 1. The summed E-state index contributed by atoms with van der Waals surface area (Å²) in [5.41, 5.74) is 1.43. The molecule has 0 aliphatic heterocycles. The normalized spacial score (nSPS) is 22.8. The lowest BCUT2D eigenvalue weighted by atomic mass is 9.98. The molecule has 0 spiro atoms. The minimum Gasteiger partial charge on any atom is -0.475 e. The van der Waals surface area contributed by atoms with Gasteiger partial charge in [0.2, 0.25) is 5.91 Å². The van der Waals surface area contributed by atoms with Gasteiger partial charge >= 0.3 is 12.1 Å². The van der Waals surface area contributed by atoms with Crippen molar-refractivity contribution in [2.24, 2.45) is 11.8 Å². The standard InChI is InChI=1S/C17H21F2NO.C2HF3O2/c1-10-2-7-14(15(19)8-10)16(11-3-4-11)20-17(21)12-5-6-13(18)9-12;3-2(4,5)1(6)7/h2,7-8,11-13,16H,3-6,9H2,1H3,(H,20,21);(H,6,7)/t12?,13-,16-;/m1./s1. The Morgan fingerprint density at radius 1 is 1.18 bits per heavy atom. The van der Waals surface area contributed by atoms with Gasteiger partial charge in [-0.3, -0.25) is 4.79 Å². The van der Waals surface area contributed by atoms with E-state index in [1.54, 1.807) is 6.07 Å². The van der Waals surface area contributed by atoms with Gasteiger partial charge in [-0.15, -0.1) is 0 Å². The van der Waals surface area contributed by atoms with Crippen LogP contribution in [-0.2, 0) is 9.59 Å². The highest BCUT2D eigenvalue weighted by Gasteiger charge is 2.38. The minimum absolute atomic E-state index is 0.118. The van der Waals surface area contributed by atoms with E-state index >= 15 is 0 Å². The molecule has 1 aromatic carbocycles. The summed E-state index contributed by atoms with van der Waals surface area (Å²) in [6.45, 7) is 1.84. The molecule has 0 saturated heterocycles. The van der Waals surface area contributed by atoms with Gasteiger partial charge in [0, 0.05) is 11.5 Å². The average Bonchev–Trinajstić information content (AvgIpc) is 3.33. The number of carbonyl (C=O) groups is 2. The van der Waals surface area contributed by atoms with Crippen LogP contribution in [-0.4, -0.2) is 29.3 Å². The lowest BCUT2D eigenvalue weighted by molar-refractivity contribution is -0.192. The summed E-state index contributed by atoms with van der Waals surface area (Å²) < 4.78 is 59.1. The molecule has 2 aliphatic carbocycles. The van der Waals surface area contributed by atoms with Crippen LogP contribution in [0.1, 0.15) is 49.3 Å². The number of rotatable bonds is 4. The maximum atomic E-state index is 14.2. The minimum atomic E-state index is -5.08. The highest BCUT2D eigenvalue weighted by molar-refractivity contribution is 5.79. The number of halogens is 5. The van der Waals surface area contributed by atoms with Crippen LogP contribution in [0.5, 0.6) is 0 Å². The van der Waals surface area contributed by atoms with Crippen LogP contribution in [0.3, 0.4) is 0 Å². The van der Waals surface area contributed by atoms with E-state index in [-0.39, 0.29) is 23.7 Å². The monoisotopic (exact) mass is 407 g/mol. The zero-order valence-corrected chi connectivity index (χ0v) is 15.2. The molecular formula is C19H22F5NO3. The summed E-state index contributed by atoms with van der Waals surface area (Å²) in [7, 11) is 0. The molecule has 2 saturated carbocycles. The van der Waals surface area contributed by atoms with Crippen molar-refractivity contribution in [1.82, 2.24) is 5.32 Å². The molecular weight excluding hydrogens is 385 g/mol. The first-order valence-corrected chi connectivity index (χ1v) is 8.99. The Bertz CT molecular complexity index is 718. The topological polar surface area (TPSA) is 66.4 Å². The van der Waals surface area contributed by atoms with E-state index in [9.17, 15) is 26.7 Å². The van der Waals surface area contributed by atoms with Crippen molar-refractivity contribution in [3.8, 4) is 0 Å². The molecule has 1 unspecified atom stereocenters. The fourth-order valence-electron chi connectivity index (χ4n) is 3.20. The molecule has 2 N–H and O–H groups in total. The number of carbonyl (C=O) groups excluding carboxylic acids is 1. The van der Waals surface area contributed by atoms with Crippen molar-refractivity contribution >= 4 is 11.9 Å². The third kappa shape index (κ3) is 6.17. The molecule has 1 aromatic rings. The van der Waals surface area contributed by atoms with Gasteiger partial charge < -0.3 is 10.4 Å². The Balaban J connectivity index is 0.000000345. The number of aliphatic carboxylic acids is 1. The third-order valence-electron chi connectivity index (χ3n) is 4.86. The fraction of sp³-hybridized carbons (Fsp3) is 0.579. The number of benzene rings is 1. The quantitative estimate of drug-likeness (QED) is 0.724. The fourth-order valence-corrected chi connectivity index (χ4v) is 3.20. The van der Waals surface area contributed by atoms with Crippen LogP contribution in [0, 0.1) is 24.6 Å². The second-order valence-corrected chi connectivity index (χ2v) is 7.26. The first-order valence-electron chi connectivity index (χ1n) is 8.99. The molecule has 28 heavy (non-hydrogen) atoms. The molecule has 0 radical (unpaired) electrons. The van der Waals surface area contributed by atoms with Crippen LogP contribution in [0.15, 0.2) is 18.2 Å². The zero-order chi connectivity index (χ0) is 21.1. The number of nitrogens with one attached hydrogen (secondary N) is 1. The molecule has 0 heterocycles. The largest absolute Gasteiger partial charge is 0.490 e.